The van der Waals surface area contributed by atoms with Crippen LogP contribution in [0.5, 0.6) is 0 Å². The molecule has 0 aliphatic rings. The number of nitrogens with one attached hydrogen (secondary N) is 2. The molecular weight excluding hydrogens is 346 g/mol. The van der Waals surface area contributed by atoms with Gasteiger partial charge in [-0.3, -0.25) is 9.59 Å². The number of carbonyl (C=O) groups excluding carboxylic acids is 3. The first-order valence-electron chi connectivity index (χ1n) is 7.65. The van der Waals surface area contributed by atoms with E-state index in [0.717, 1.165) is 0 Å². The van der Waals surface area contributed by atoms with Crippen molar-refractivity contribution in [3.05, 3.63) is 41.0 Å². The number of nitrogens with zero attached hydrogens (tertiary/aromatic N) is 1. The molecule has 2 rings (SSSR count). The second-order valence-corrected chi connectivity index (χ2v) is 5.97. The van der Waals surface area contributed by atoms with Crippen LogP contribution in [0.15, 0.2) is 30.3 Å². The molecule has 0 atom stereocenters. The summed E-state index contributed by atoms with van der Waals surface area (Å²) in [5, 5.41) is 5.74. The summed E-state index contributed by atoms with van der Waals surface area (Å²) in [5.41, 5.74) is 0.776. The number of halogens is 1. The Hall–Kier alpha value is -2.67. The number of pyridine rings is 1. The lowest BCUT2D eigenvalue weighted by Gasteiger charge is -2.10. The lowest BCUT2D eigenvalue weighted by atomic mass is 10.1. The van der Waals surface area contributed by atoms with Gasteiger partial charge in [0.2, 0.25) is 5.91 Å². The summed E-state index contributed by atoms with van der Waals surface area (Å²) in [7, 11) is 0. The van der Waals surface area contributed by atoms with Crippen LogP contribution in [0.25, 0.3) is 10.9 Å². The van der Waals surface area contributed by atoms with Crippen LogP contribution in [0.4, 0.5) is 0 Å². The van der Waals surface area contributed by atoms with E-state index < -0.39 is 18.5 Å². The third-order valence-corrected chi connectivity index (χ3v) is 3.33. The van der Waals surface area contributed by atoms with Gasteiger partial charge in [0.1, 0.15) is 5.15 Å². The lowest BCUT2D eigenvalue weighted by Crippen LogP contribution is -2.41. The SMILES string of the molecule is CC(C)NC(=O)CNC(=O)COC(=O)c1cc(Cl)nc2ccccc12. The van der Waals surface area contributed by atoms with E-state index in [2.05, 4.69) is 15.6 Å². The fourth-order valence-electron chi connectivity index (χ4n) is 2.12. The molecule has 2 N–H and O–H groups in total. The fraction of sp³-hybridized carbons (Fsp3) is 0.294. The van der Waals surface area contributed by atoms with Crippen molar-refractivity contribution in [2.75, 3.05) is 13.2 Å². The number of esters is 1. The van der Waals surface area contributed by atoms with Crippen molar-refractivity contribution in [2.45, 2.75) is 19.9 Å². The van der Waals surface area contributed by atoms with Crippen LogP contribution in [0.2, 0.25) is 5.15 Å². The Labute approximate surface area is 149 Å². The van der Waals surface area contributed by atoms with E-state index in [1.165, 1.54) is 6.07 Å². The summed E-state index contributed by atoms with van der Waals surface area (Å²) in [5.74, 6) is -1.58. The molecular formula is C17H18ClN3O4. The largest absolute Gasteiger partial charge is 0.452 e. The molecule has 2 amide bonds. The number of carbonyl (C=O) groups is 3. The molecule has 0 saturated carbocycles. The Morgan fingerprint density at radius 1 is 1.20 bits per heavy atom. The van der Waals surface area contributed by atoms with Crippen molar-refractivity contribution in [1.82, 2.24) is 15.6 Å². The van der Waals surface area contributed by atoms with Crippen molar-refractivity contribution < 1.29 is 19.1 Å². The van der Waals surface area contributed by atoms with Crippen molar-refractivity contribution in [3.63, 3.8) is 0 Å². The Bertz CT molecular complexity index is 808. The topological polar surface area (TPSA) is 97.4 Å². The Balaban J connectivity index is 1.95. The van der Waals surface area contributed by atoms with Gasteiger partial charge >= 0.3 is 5.97 Å². The van der Waals surface area contributed by atoms with E-state index in [0.29, 0.717) is 10.9 Å². The normalized spacial score (nSPS) is 10.6. The van der Waals surface area contributed by atoms with Crippen molar-refractivity contribution in [1.29, 1.82) is 0 Å². The number of hydrogen-bond acceptors (Lipinski definition) is 5. The molecule has 1 aromatic heterocycles. The van der Waals surface area contributed by atoms with E-state index in [1.807, 2.05) is 13.8 Å². The first-order valence-corrected chi connectivity index (χ1v) is 8.03. The molecule has 0 aliphatic carbocycles. The quantitative estimate of drug-likeness (QED) is 0.601. The van der Waals surface area contributed by atoms with E-state index in [-0.39, 0.29) is 29.2 Å². The third kappa shape index (κ3) is 5.42. The third-order valence-electron chi connectivity index (χ3n) is 3.13. The lowest BCUT2D eigenvalue weighted by molar-refractivity contribution is -0.128. The van der Waals surface area contributed by atoms with Gasteiger partial charge in [0.05, 0.1) is 17.6 Å². The standard InChI is InChI=1S/C17H18ClN3O4/c1-10(2)20-15(22)8-19-16(23)9-25-17(24)12-7-14(18)21-13-6-4-3-5-11(12)13/h3-7,10H,8-9H2,1-2H3,(H,19,23)(H,20,22). The highest BCUT2D eigenvalue weighted by Gasteiger charge is 2.15. The smallest absolute Gasteiger partial charge is 0.339 e. The van der Waals surface area contributed by atoms with Gasteiger partial charge in [-0.25, -0.2) is 9.78 Å². The highest BCUT2D eigenvalue weighted by atomic mass is 35.5. The molecule has 25 heavy (non-hydrogen) atoms. The number of benzene rings is 1. The summed E-state index contributed by atoms with van der Waals surface area (Å²) in [6.07, 6.45) is 0. The predicted molar refractivity (Wildman–Crippen MR) is 93.3 cm³/mol. The average molecular weight is 364 g/mol. The second kappa shape index (κ2) is 8.43. The molecule has 7 nitrogen and oxygen atoms in total. The van der Waals surface area contributed by atoms with Gasteiger partial charge in [0.25, 0.3) is 5.91 Å². The van der Waals surface area contributed by atoms with E-state index in [4.69, 9.17) is 16.3 Å². The number of fused-ring (bicyclic) bond motifs is 1. The van der Waals surface area contributed by atoms with Gasteiger partial charge in [-0.05, 0) is 26.0 Å². The molecule has 0 unspecified atom stereocenters. The number of ether oxygens (including phenoxy) is 1. The molecule has 132 valence electrons. The van der Waals surface area contributed by atoms with Crippen molar-refractivity contribution in [3.8, 4) is 0 Å². The zero-order chi connectivity index (χ0) is 18.4. The van der Waals surface area contributed by atoms with Crippen molar-refractivity contribution >= 4 is 40.3 Å². The maximum atomic E-state index is 12.2. The number of hydrogen-bond donors (Lipinski definition) is 2. The molecule has 2 aromatic rings. The Morgan fingerprint density at radius 2 is 1.92 bits per heavy atom. The first-order chi connectivity index (χ1) is 11.9. The minimum Gasteiger partial charge on any atom is -0.452 e. The second-order valence-electron chi connectivity index (χ2n) is 5.58. The zero-order valence-electron chi connectivity index (χ0n) is 13.8. The van der Waals surface area contributed by atoms with Crippen LogP contribution in [0.3, 0.4) is 0 Å². The van der Waals surface area contributed by atoms with Gasteiger partial charge in [0, 0.05) is 11.4 Å². The highest BCUT2D eigenvalue weighted by Crippen LogP contribution is 2.21. The summed E-state index contributed by atoms with van der Waals surface area (Å²) >= 11 is 5.91. The summed E-state index contributed by atoms with van der Waals surface area (Å²) in [6.45, 7) is 2.94. The number of rotatable bonds is 6. The minimum absolute atomic E-state index is 0.0213. The number of aromatic nitrogens is 1. The predicted octanol–water partition coefficient (Wildman–Crippen LogP) is 1.69. The summed E-state index contributed by atoms with van der Waals surface area (Å²) < 4.78 is 5.00. The molecule has 0 fully saturated rings. The maximum Gasteiger partial charge on any atom is 0.339 e. The van der Waals surface area contributed by atoms with Crippen molar-refractivity contribution in [2.24, 2.45) is 0 Å². The van der Waals surface area contributed by atoms with Crippen LogP contribution in [-0.2, 0) is 14.3 Å². The molecule has 8 heteroatoms. The molecule has 0 spiro atoms. The van der Waals surface area contributed by atoms with Gasteiger partial charge < -0.3 is 15.4 Å². The Morgan fingerprint density at radius 3 is 2.64 bits per heavy atom. The average Bonchev–Trinajstić information content (AvgIpc) is 2.56. The van der Waals surface area contributed by atoms with Gasteiger partial charge in [-0.2, -0.15) is 0 Å². The molecule has 1 aromatic carbocycles. The number of para-hydroxylation sites is 1. The zero-order valence-corrected chi connectivity index (χ0v) is 14.6. The monoisotopic (exact) mass is 363 g/mol. The molecule has 0 aliphatic heterocycles. The van der Waals surface area contributed by atoms with Crippen LogP contribution >= 0.6 is 11.6 Å². The molecule has 1 heterocycles. The first kappa shape index (κ1) is 18.7. The van der Waals surface area contributed by atoms with E-state index in [1.54, 1.807) is 24.3 Å². The van der Waals surface area contributed by atoms with E-state index in [9.17, 15) is 14.4 Å². The molecule has 0 bridgehead atoms. The fourth-order valence-corrected chi connectivity index (χ4v) is 2.32. The molecule has 0 radical (unpaired) electrons. The highest BCUT2D eigenvalue weighted by molar-refractivity contribution is 6.30. The number of amides is 2. The summed E-state index contributed by atoms with van der Waals surface area (Å²) in [4.78, 5) is 39.5. The molecule has 0 saturated heterocycles. The van der Waals surface area contributed by atoms with Crippen LogP contribution in [-0.4, -0.2) is 42.0 Å². The summed E-state index contributed by atoms with van der Waals surface area (Å²) in [6, 6.07) is 8.33. The van der Waals surface area contributed by atoms with Gasteiger partial charge in [-0.1, -0.05) is 29.8 Å². The minimum atomic E-state index is -0.692. The van der Waals surface area contributed by atoms with Crippen LogP contribution in [0.1, 0.15) is 24.2 Å². The van der Waals surface area contributed by atoms with Gasteiger partial charge in [0.15, 0.2) is 6.61 Å². The van der Waals surface area contributed by atoms with Crippen LogP contribution in [0, 0.1) is 0 Å². The van der Waals surface area contributed by atoms with Crippen LogP contribution < -0.4 is 10.6 Å². The van der Waals surface area contributed by atoms with Gasteiger partial charge in [-0.15, -0.1) is 0 Å². The van der Waals surface area contributed by atoms with E-state index >= 15 is 0 Å². The Kier molecular flexibility index (Phi) is 6.30. The maximum absolute atomic E-state index is 12.2.